The lowest BCUT2D eigenvalue weighted by atomic mass is 9.99. The molecule has 2 atom stereocenters. The molecule has 0 aromatic heterocycles. The average molecular weight is 210 g/mol. The summed E-state index contributed by atoms with van der Waals surface area (Å²) in [6.45, 7) is 9.59. The summed E-state index contributed by atoms with van der Waals surface area (Å²) >= 11 is 0. The predicted molar refractivity (Wildman–Crippen MR) is 65.1 cm³/mol. The van der Waals surface area contributed by atoms with Crippen LogP contribution in [0.4, 0.5) is 0 Å². The summed E-state index contributed by atoms with van der Waals surface area (Å²) in [4.78, 5) is 2.76. The van der Waals surface area contributed by atoms with Crippen LogP contribution in [0.5, 0.6) is 0 Å². The van der Waals surface area contributed by atoms with E-state index in [4.69, 9.17) is 0 Å². The highest BCUT2D eigenvalue weighted by Crippen LogP contribution is 2.27. The van der Waals surface area contributed by atoms with E-state index in [0.717, 1.165) is 12.1 Å². The van der Waals surface area contributed by atoms with Gasteiger partial charge in [0.2, 0.25) is 0 Å². The zero-order valence-corrected chi connectivity index (χ0v) is 10.6. The van der Waals surface area contributed by atoms with Crippen molar-refractivity contribution in [3.8, 4) is 0 Å². The van der Waals surface area contributed by atoms with E-state index in [-0.39, 0.29) is 0 Å². The van der Waals surface area contributed by atoms with Crippen LogP contribution in [0.3, 0.4) is 0 Å². The second-order valence-electron chi connectivity index (χ2n) is 6.06. The van der Waals surface area contributed by atoms with Gasteiger partial charge in [0.05, 0.1) is 0 Å². The minimum Gasteiger partial charge on any atom is -0.310 e. The number of likely N-dealkylation sites (tertiary alicyclic amines) is 1. The molecule has 2 unspecified atom stereocenters. The van der Waals surface area contributed by atoms with Crippen molar-refractivity contribution in [3.63, 3.8) is 0 Å². The molecule has 2 heterocycles. The van der Waals surface area contributed by atoms with Crippen LogP contribution in [-0.2, 0) is 0 Å². The fourth-order valence-electron chi connectivity index (χ4n) is 3.20. The van der Waals surface area contributed by atoms with E-state index in [1.54, 1.807) is 0 Å². The van der Waals surface area contributed by atoms with Crippen LogP contribution >= 0.6 is 0 Å². The lowest BCUT2D eigenvalue weighted by Gasteiger charge is -2.33. The monoisotopic (exact) mass is 210 g/mol. The van der Waals surface area contributed by atoms with Gasteiger partial charge >= 0.3 is 0 Å². The maximum atomic E-state index is 3.64. The maximum absolute atomic E-state index is 3.64. The molecule has 2 fully saturated rings. The lowest BCUT2D eigenvalue weighted by Crippen LogP contribution is -2.42. The van der Waals surface area contributed by atoms with E-state index >= 15 is 0 Å². The largest absolute Gasteiger partial charge is 0.310 e. The van der Waals surface area contributed by atoms with E-state index < -0.39 is 0 Å². The van der Waals surface area contributed by atoms with Gasteiger partial charge in [-0.25, -0.2) is 0 Å². The van der Waals surface area contributed by atoms with E-state index in [1.165, 1.54) is 45.2 Å². The van der Waals surface area contributed by atoms with Crippen molar-refractivity contribution in [3.05, 3.63) is 0 Å². The molecule has 1 N–H and O–H groups in total. The predicted octanol–water partition coefficient (Wildman–Crippen LogP) is 2.39. The molecule has 2 aliphatic heterocycles. The highest BCUT2D eigenvalue weighted by atomic mass is 15.2. The van der Waals surface area contributed by atoms with Gasteiger partial charge in [0.1, 0.15) is 0 Å². The first-order valence-corrected chi connectivity index (χ1v) is 6.59. The van der Waals surface area contributed by atoms with E-state index in [0.29, 0.717) is 5.54 Å². The summed E-state index contributed by atoms with van der Waals surface area (Å²) < 4.78 is 0. The molecule has 0 bridgehead atoms. The minimum atomic E-state index is 0.358. The van der Waals surface area contributed by atoms with Gasteiger partial charge in [-0.2, -0.15) is 0 Å². The van der Waals surface area contributed by atoms with Crippen LogP contribution in [0.2, 0.25) is 0 Å². The number of rotatable bonds is 1. The molecule has 0 aromatic carbocycles. The number of hydrogen-bond donors (Lipinski definition) is 1. The molecule has 0 saturated carbocycles. The number of hydrogen-bond acceptors (Lipinski definition) is 2. The molecule has 88 valence electrons. The van der Waals surface area contributed by atoms with Crippen LogP contribution in [0.1, 0.15) is 52.9 Å². The summed E-state index contributed by atoms with van der Waals surface area (Å²) in [6.07, 6.45) is 6.99. The third-order valence-electron chi connectivity index (χ3n) is 4.14. The van der Waals surface area contributed by atoms with Gasteiger partial charge in [0, 0.05) is 24.2 Å². The Morgan fingerprint density at radius 3 is 2.67 bits per heavy atom. The highest BCUT2D eigenvalue weighted by molar-refractivity contribution is 4.95. The molecule has 2 aliphatic rings. The van der Waals surface area contributed by atoms with Gasteiger partial charge in [0.15, 0.2) is 0 Å². The van der Waals surface area contributed by atoms with Gasteiger partial charge in [-0.1, -0.05) is 12.8 Å². The van der Waals surface area contributed by atoms with E-state index in [1.807, 2.05) is 0 Å². The van der Waals surface area contributed by atoms with Crippen molar-refractivity contribution in [1.29, 1.82) is 0 Å². The second kappa shape index (κ2) is 4.42. The van der Waals surface area contributed by atoms with E-state index in [2.05, 4.69) is 31.0 Å². The van der Waals surface area contributed by atoms with Crippen LogP contribution in [0.25, 0.3) is 0 Å². The first-order valence-electron chi connectivity index (χ1n) is 6.59. The Balaban J connectivity index is 1.96. The molecule has 2 saturated heterocycles. The smallest absolute Gasteiger partial charge is 0.0240 e. The van der Waals surface area contributed by atoms with Crippen molar-refractivity contribution >= 4 is 0 Å². The zero-order chi connectivity index (χ0) is 10.9. The van der Waals surface area contributed by atoms with Crippen LogP contribution in [-0.4, -0.2) is 35.6 Å². The standard InChI is InChI=1S/C13H26N2/c1-11-7-5-4-6-8-15(11)12-9-13(2,3)14-10-12/h11-12,14H,4-10H2,1-3H3. The average Bonchev–Trinajstić information content (AvgIpc) is 2.39. The first kappa shape index (κ1) is 11.4. The first-order chi connectivity index (χ1) is 7.08. The Morgan fingerprint density at radius 2 is 2.00 bits per heavy atom. The summed E-state index contributed by atoms with van der Waals surface area (Å²) in [5.74, 6) is 0. The molecular weight excluding hydrogens is 184 g/mol. The summed E-state index contributed by atoms with van der Waals surface area (Å²) in [5, 5.41) is 3.64. The fraction of sp³-hybridized carbons (Fsp3) is 1.00. The second-order valence-corrected chi connectivity index (χ2v) is 6.06. The van der Waals surface area contributed by atoms with Crippen LogP contribution in [0.15, 0.2) is 0 Å². The van der Waals surface area contributed by atoms with Crippen LogP contribution in [0, 0.1) is 0 Å². The Bertz CT molecular complexity index is 213. The molecule has 2 nitrogen and oxygen atoms in total. The molecule has 0 spiro atoms. The summed E-state index contributed by atoms with van der Waals surface area (Å²) in [7, 11) is 0. The van der Waals surface area contributed by atoms with Gasteiger partial charge < -0.3 is 5.32 Å². The topological polar surface area (TPSA) is 15.3 Å². The third kappa shape index (κ3) is 2.73. The van der Waals surface area contributed by atoms with E-state index in [9.17, 15) is 0 Å². The third-order valence-corrected chi connectivity index (χ3v) is 4.14. The Labute approximate surface area is 94.4 Å². The minimum absolute atomic E-state index is 0.358. The van der Waals surface area contributed by atoms with Gasteiger partial charge in [-0.05, 0) is 46.6 Å². The van der Waals surface area contributed by atoms with Crippen molar-refractivity contribution in [2.75, 3.05) is 13.1 Å². The normalized spacial score (nSPS) is 37.8. The van der Waals surface area contributed by atoms with Crippen molar-refractivity contribution in [2.24, 2.45) is 0 Å². The molecule has 0 aliphatic carbocycles. The molecule has 0 aromatic rings. The molecular formula is C13H26N2. The molecule has 15 heavy (non-hydrogen) atoms. The zero-order valence-electron chi connectivity index (χ0n) is 10.6. The lowest BCUT2D eigenvalue weighted by molar-refractivity contribution is 0.152. The van der Waals surface area contributed by atoms with Crippen molar-refractivity contribution in [2.45, 2.75) is 70.5 Å². The molecule has 0 amide bonds. The highest BCUT2D eigenvalue weighted by Gasteiger charge is 2.35. The fourth-order valence-corrected chi connectivity index (χ4v) is 3.20. The summed E-state index contributed by atoms with van der Waals surface area (Å²) in [5.41, 5.74) is 0.358. The SMILES string of the molecule is CC1CCCCCN1C1CNC(C)(C)C1. The van der Waals surface area contributed by atoms with Crippen LogP contribution < -0.4 is 5.32 Å². The van der Waals surface area contributed by atoms with Crippen molar-refractivity contribution in [1.82, 2.24) is 10.2 Å². The molecule has 2 heteroatoms. The quantitative estimate of drug-likeness (QED) is 0.715. The van der Waals surface area contributed by atoms with Gasteiger partial charge in [-0.15, -0.1) is 0 Å². The summed E-state index contributed by atoms with van der Waals surface area (Å²) in [6, 6.07) is 1.58. The van der Waals surface area contributed by atoms with Gasteiger partial charge in [-0.3, -0.25) is 4.90 Å². The Morgan fingerprint density at radius 1 is 1.20 bits per heavy atom. The Kier molecular flexibility index (Phi) is 3.36. The molecule has 0 radical (unpaired) electrons. The van der Waals surface area contributed by atoms with Gasteiger partial charge in [0.25, 0.3) is 0 Å². The number of nitrogens with one attached hydrogen (secondary N) is 1. The number of nitrogens with zero attached hydrogens (tertiary/aromatic N) is 1. The Hall–Kier alpha value is -0.0800. The maximum Gasteiger partial charge on any atom is 0.0240 e. The van der Waals surface area contributed by atoms with Crippen molar-refractivity contribution < 1.29 is 0 Å². The molecule has 2 rings (SSSR count).